The van der Waals surface area contributed by atoms with Crippen LogP contribution in [0.2, 0.25) is 0 Å². The van der Waals surface area contributed by atoms with Crippen LogP contribution in [0, 0.1) is 0 Å². The number of halogens is 1. The van der Waals surface area contributed by atoms with Crippen LogP contribution in [0.15, 0.2) is 75.5 Å². The molecule has 2 aliphatic heterocycles. The monoisotopic (exact) mass is 527 g/mol. The standard InChI is InChI=1S/C24H22BrN3O6/c1-32-22(29)19-20(15-9-6-10-16(25)11-15)26-24(31)28(21(19)23(30)33-2)13-17-12-18(27-34-17)14-7-4-3-5-8-14/h3-11,17,20H,12-13H2,1-2H3,(H,26,31). The van der Waals surface area contributed by atoms with Crippen molar-refractivity contribution >= 4 is 39.6 Å². The Balaban J connectivity index is 1.69. The minimum atomic E-state index is -0.913. The third-order valence-electron chi connectivity index (χ3n) is 5.52. The van der Waals surface area contributed by atoms with Crippen LogP contribution in [0.25, 0.3) is 0 Å². The summed E-state index contributed by atoms with van der Waals surface area (Å²) in [4.78, 5) is 45.6. The van der Waals surface area contributed by atoms with E-state index in [0.717, 1.165) is 20.6 Å². The lowest BCUT2D eigenvalue weighted by molar-refractivity contribution is -0.141. The second-order valence-electron chi connectivity index (χ2n) is 7.63. The van der Waals surface area contributed by atoms with Crippen molar-refractivity contribution in [2.24, 2.45) is 5.16 Å². The van der Waals surface area contributed by atoms with E-state index in [0.29, 0.717) is 12.0 Å². The Morgan fingerprint density at radius 2 is 1.85 bits per heavy atom. The Kier molecular flexibility index (Phi) is 6.97. The Bertz CT molecular complexity index is 1180. The molecule has 0 saturated heterocycles. The molecule has 1 N–H and O–H groups in total. The second kappa shape index (κ2) is 10.1. The average Bonchev–Trinajstić information content (AvgIpc) is 3.33. The summed E-state index contributed by atoms with van der Waals surface area (Å²) in [7, 11) is 2.40. The molecule has 2 unspecified atom stereocenters. The van der Waals surface area contributed by atoms with Crippen molar-refractivity contribution in [1.29, 1.82) is 0 Å². The summed E-state index contributed by atoms with van der Waals surface area (Å²) >= 11 is 3.39. The predicted molar refractivity (Wildman–Crippen MR) is 126 cm³/mol. The molecule has 2 aromatic rings. The molecule has 2 amide bonds. The number of carbonyl (C=O) groups excluding carboxylic acids is 3. The van der Waals surface area contributed by atoms with Gasteiger partial charge in [0, 0.05) is 10.9 Å². The summed E-state index contributed by atoms with van der Waals surface area (Å²) < 4.78 is 10.7. The summed E-state index contributed by atoms with van der Waals surface area (Å²) in [6, 6.07) is 15.1. The summed E-state index contributed by atoms with van der Waals surface area (Å²) in [5, 5.41) is 6.95. The zero-order chi connectivity index (χ0) is 24.2. The van der Waals surface area contributed by atoms with Crippen LogP contribution in [-0.4, -0.2) is 55.4 Å². The first kappa shape index (κ1) is 23.5. The van der Waals surface area contributed by atoms with E-state index in [4.69, 9.17) is 14.3 Å². The molecule has 9 nitrogen and oxygen atoms in total. The van der Waals surface area contributed by atoms with Gasteiger partial charge < -0.3 is 19.6 Å². The van der Waals surface area contributed by atoms with Crippen LogP contribution in [0.1, 0.15) is 23.6 Å². The summed E-state index contributed by atoms with van der Waals surface area (Å²) in [5.41, 5.74) is 2.00. The first-order valence-corrected chi connectivity index (χ1v) is 11.2. The predicted octanol–water partition coefficient (Wildman–Crippen LogP) is 3.31. The molecule has 2 heterocycles. The molecule has 0 bridgehead atoms. The lowest BCUT2D eigenvalue weighted by Crippen LogP contribution is -2.52. The molecular formula is C24H22BrN3O6. The molecule has 0 aliphatic carbocycles. The molecule has 4 rings (SSSR count). The van der Waals surface area contributed by atoms with Crippen molar-refractivity contribution < 1.29 is 28.7 Å². The molecule has 2 aromatic carbocycles. The number of hydrogen-bond acceptors (Lipinski definition) is 7. The van der Waals surface area contributed by atoms with Gasteiger partial charge in [0.1, 0.15) is 5.70 Å². The van der Waals surface area contributed by atoms with Crippen LogP contribution in [-0.2, 0) is 23.9 Å². The van der Waals surface area contributed by atoms with Crippen molar-refractivity contribution in [3.8, 4) is 0 Å². The summed E-state index contributed by atoms with van der Waals surface area (Å²) in [6.07, 6.45) is -0.104. The van der Waals surface area contributed by atoms with Crippen LogP contribution in [0.3, 0.4) is 0 Å². The molecular weight excluding hydrogens is 506 g/mol. The molecule has 2 aliphatic rings. The zero-order valence-corrected chi connectivity index (χ0v) is 20.1. The van der Waals surface area contributed by atoms with Crippen molar-refractivity contribution in [3.63, 3.8) is 0 Å². The lowest BCUT2D eigenvalue weighted by Gasteiger charge is -2.35. The van der Waals surface area contributed by atoms with Gasteiger partial charge in [0.15, 0.2) is 6.10 Å². The van der Waals surface area contributed by atoms with Crippen LogP contribution < -0.4 is 5.32 Å². The number of nitrogens with zero attached hydrogens (tertiary/aromatic N) is 2. The average molecular weight is 528 g/mol. The quantitative estimate of drug-likeness (QED) is 0.577. The Morgan fingerprint density at radius 3 is 2.53 bits per heavy atom. The topological polar surface area (TPSA) is 107 Å². The number of hydrogen-bond donors (Lipinski definition) is 1. The van der Waals surface area contributed by atoms with Gasteiger partial charge >= 0.3 is 18.0 Å². The number of oxime groups is 1. The molecule has 176 valence electrons. The van der Waals surface area contributed by atoms with Gasteiger partial charge in [-0.3, -0.25) is 4.90 Å². The van der Waals surface area contributed by atoms with Crippen LogP contribution >= 0.6 is 15.9 Å². The van der Waals surface area contributed by atoms with Crippen molar-refractivity contribution in [2.45, 2.75) is 18.6 Å². The van der Waals surface area contributed by atoms with E-state index >= 15 is 0 Å². The smallest absolute Gasteiger partial charge is 0.355 e. The fraction of sp³-hybridized carbons (Fsp3) is 0.250. The second-order valence-corrected chi connectivity index (χ2v) is 8.54. The number of esters is 2. The zero-order valence-electron chi connectivity index (χ0n) is 18.5. The Hall–Kier alpha value is -3.66. The number of urea groups is 1. The van der Waals surface area contributed by atoms with E-state index in [1.807, 2.05) is 36.4 Å². The third kappa shape index (κ3) is 4.67. The van der Waals surface area contributed by atoms with Crippen molar-refractivity contribution in [2.75, 3.05) is 20.8 Å². The fourth-order valence-electron chi connectivity index (χ4n) is 3.94. The van der Waals surface area contributed by atoms with E-state index in [9.17, 15) is 14.4 Å². The third-order valence-corrected chi connectivity index (χ3v) is 6.01. The van der Waals surface area contributed by atoms with Gasteiger partial charge in [0.2, 0.25) is 0 Å². The molecule has 2 atom stereocenters. The van der Waals surface area contributed by atoms with Crippen LogP contribution in [0.5, 0.6) is 0 Å². The van der Waals surface area contributed by atoms with E-state index < -0.39 is 30.1 Å². The van der Waals surface area contributed by atoms with Crippen molar-refractivity contribution in [1.82, 2.24) is 10.2 Å². The SMILES string of the molecule is COC(=O)C1=C(C(=O)OC)N(CC2CC(c3ccccc3)=NO2)C(=O)NC1c1cccc(Br)c1. The number of benzene rings is 2. The van der Waals surface area contributed by atoms with E-state index in [1.165, 1.54) is 14.2 Å². The summed E-state index contributed by atoms with van der Waals surface area (Å²) in [6.45, 7) is -0.0260. The highest BCUT2D eigenvalue weighted by Gasteiger charge is 2.43. The number of nitrogens with one attached hydrogen (secondary N) is 1. The normalized spacial score (nSPS) is 19.8. The van der Waals surface area contributed by atoms with E-state index in [-0.39, 0.29) is 17.8 Å². The molecule has 0 spiro atoms. The largest absolute Gasteiger partial charge is 0.466 e. The highest BCUT2D eigenvalue weighted by Crippen LogP contribution is 2.34. The number of ether oxygens (including phenoxy) is 2. The first-order valence-electron chi connectivity index (χ1n) is 10.4. The van der Waals surface area contributed by atoms with E-state index in [1.54, 1.807) is 18.2 Å². The van der Waals surface area contributed by atoms with Crippen LogP contribution in [0.4, 0.5) is 4.79 Å². The molecule has 0 saturated carbocycles. The highest BCUT2D eigenvalue weighted by atomic mass is 79.9. The molecule has 0 radical (unpaired) electrons. The molecule has 34 heavy (non-hydrogen) atoms. The lowest BCUT2D eigenvalue weighted by atomic mass is 9.94. The van der Waals surface area contributed by atoms with Gasteiger partial charge in [-0.2, -0.15) is 0 Å². The molecule has 10 heteroatoms. The summed E-state index contributed by atoms with van der Waals surface area (Å²) in [5.74, 6) is -1.60. The fourth-order valence-corrected chi connectivity index (χ4v) is 4.36. The highest BCUT2D eigenvalue weighted by molar-refractivity contribution is 9.10. The number of methoxy groups -OCH3 is 2. The number of amides is 2. The van der Waals surface area contributed by atoms with Gasteiger partial charge in [-0.1, -0.05) is 63.6 Å². The number of carbonyl (C=O) groups is 3. The van der Waals surface area contributed by atoms with Gasteiger partial charge in [-0.25, -0.2) is 14.4 Å². The minimum absolute atomic E-state index is 0.0260. The molecule has 0 aromatic heterocycles. The van der Waals surface area contributed by atoms with E-state index in [2.05, 4.69) is 26.4 Å². The van der Waals surface area contributed by atoms with Gasteiger partial charge in [0.25, 0.3) is 0 Å². The van der Waals surface area contributed by atoms with Gasteiger partial charge in [0.05, 0.1) is 38.1 Å². The van der Waals surface area contributed by atoms with Gasteiger partial charge in [-0.15, -0.1) is 0 Å². The van der Waals surface area contributed by atoms with Gasteiger partial charge in [-0.05, 0) is 23.3 Å². The first-order chi connectivity index (χ1) is 16.4. The Labute approximate surface area is 204 Å². The maximum atomic E-state index is 13.2. The van der Waals surface area contributed by atoms with Crippen molar-refractivity contribution in [3.05, 3.63) is 81.5 Å². The minimum Gasteiger partial charge on any atom is -0.466 e. The Morgan fingerprint density at radius 1 is 1.12 bits per heavy atom. The maximum absolute atomic E-state index is 13.2. The maximum Gasteiger partial charge on any atom is 0.355 e. The molecule has 0 fully saturated rings. The number of rotatable bonds is 6.